The van der Waals surface area contributed by atoms with E-state index < -0.39 is 30.1 Å². The van der Waals surface area contributed by atoms with Crippen LogP contribution in [0.1, 0.15) is 33.1 Å². The zero-order valence-electron chi connectivity index (χ0n) is 10.9. The van der Waals surface area contributed by atoms with Gasteiger partial charge in [0, 0.05) is 6.04 Å². The van der Waals surface area contributed by atoms with Crippen molar-refractivity contribution in [1.82, 2.24) is 4.90 Å². The van der Waals surface area contributed by atoms with Crippen molar-refractivity contribution in [3.63, 3.8) is 0 Å². The Balaban J connectivity index is 2.99. The smallest absolute Gasteiger partial charge is 0.406 e. The molecule has 1 aliphatic rings. The van der Waals surface area contributed by atoms with Gasteiger partial charge in [-0.25, -0.2) is 0 Å². The number of rotatable bonds is 4. The van der Waals surface area contributed by atoms with Gasteiger partial charge >= 0.3 is 6.18 Å². The molecular weight excluding hydrogens is 263 g/mol. The van der Waals surface area contributed by atoms with E-state index in [9.17, 15) is 18.0 Å². The lowest BCUT2D eigenvalue weighted by Gasteiger charge is -2.43. The molecule has 1 aliphatic carbocycles. The van der Waals surface area contributed by atoms with Gasteiger partial charge < -0.3 is 15.8 Å². The van der Waals surface area contributed by atoms with E-state index in [1.807, 2.05) is 0 Å². The van der Waals surface area contributed by atoms with E-state index in [0.717, 1.165) is 4.90 Å². The van der Waals surface area contributed by atoms with Crippen LogP contribution < -0.4 is 5.73 Å². The van der Waals surface area contributed by atoms with Crippen molar-refractivity contribution in [2.24, 2.45) is 16.3 Å². The van der Waals surface area contributed by atoms with Crippen molar-refractivity contribution in [3.05, 3.63) is 0 Å². The Morgan fingerprint density at radius 3 is 2.26 bits per heavy atom. The molecule has 110 valence electrons. The Morgan fingerprint density at radius 2 is 2.00 bits per heavy atom. The lowest BCUT2D eigenvalue weighted by Crippen LogP contribution is -2.58. The highest BCUT2D eigenvalue weighted by molar-refractivity contribution is 6.07. The molecule has 3 N–H and O–H groups in total. The molecule has 0 radical (unpaired) electrons. The second-order valence-corrected chi connectivity index (χ2v) is 5.06. The maximum atomic E-state index is 12.5. The van der Waals surface area contributed by atoms with Gasteiger partial charge in [0.2, 0.25) is 5.91 Å². The third-order valence-corrected chi connectivity index (χ3v) is 3.45. The summed E-state index contributed by atoms with van der Waals surface area (Å²) in [5, 5.41) is 11.5. The van der Waals surface area contributed by atoms with Gasteiger partial charge in [0.05, 0.1) is 0 Å². The van der Waals surface area contributed by atoms with Gasteiger partial charge in [-0.1, -0.05) is 11.6 Å². The molecule has 1 fully saturated rings. The molecule has 0 atom stereocenters. The minimum atomic E-state index is -4.48. The second-order valence-electron chi connectivity index (χ2n) is 5.06. The molecular formula is C11H18F3N3O2. The van der Waals surface area contributed by atoms with Crippen LogP contribution in [0.15, 0.2) is 5.16 Å². The summed E-state index contributed by atoms with van der Waals surface area (Å²) in [5.41, 5.74) is 4.21. The first-order chi connectivity index (χ1) is 8.64. The maximum Gasteiger partial charge on any atom is 0.406 e. The number of carbonyl (C=O) groups is 1. The minimum Gasteiger partial charge on any atom is -0.409 e. The van der Waals surface area contributed by atoms with E-state index in [0.29, 0.717) is 19.3 Å². The highest BCUT2D eigenvalue weighted by atomic mass is 19.4. The predicted octanol–water partition coefficient (Wildman–Crippen LogP) is 1.70. The van der Waals surface area contributed by atoms with Gasteiger partial charge in [-0.15, -0.1) is 0 Å². The molecule has 0 aromatic carbocycles. The quantitative estimate of drug-likeness (QED) is 0.356. The van der Waals surface area contributed by atoms with Crippen LogP contribution in [-0.2, 0) is 4.79 Å². The fourth-order valence-electron chi connectivity index (χ4n) is 2.16. The van der Waals surface area contributed by atoms with Gasteiger partial charge in [-0.2, -0.15) is 13.2 Å². The lowest BCUT2D eigenvalue weighted by atomic mass is 9.66. The Bertz CT molecular complexity index is 376. The van der Waals surface area contributed by atoms with Crippen molar-refractivity contribution in [2.75, 3.05) is 6.54 Å². The average molecular weight is 281 g/mol. The summed E-state index contributed by atoms with van der Waals surface area (Å²) in [4.78, 5) is 13.1. The topological polar surface area (TPSA) is 78.9 Å². The van der Waals surface area contributed by atoms with Gasteiger partial charge in [0.25, 0.3) is 0 Å². The van der Waals surface area contributed by atoms with E-state index in [1.165, 1.54) is 13.8 Å². The highest BCUT2D eigenvalue weighted by Crippen LogP contribution is 2.43. The number of oxime groups is 1. The molecule has 0 saturated heterocycles. The standard InChI is InChI=1S/C11H18F3N3O2/c1-7(2)17(6-11(12,13)14)9(18)10(4-3-5-10)8(15)16-19/h7,19H,3-6H2,1-2H3,(H2,15,16). The Morgan fingerprint density at radius 1 is 1.47 bits per heavy atom. The number of nitrogens with two attached hydrogens (primary N) is 1. The number of amides is 1. The summed E-state index contributed by atoms with van der Waals surface area (Å²) in [6.07, 6.45) is -3.19. The molecule has 1 amide bonds. The summed E-state index contributed by atoms with van der Waals surface area (Å²) in [5.74, 6) is -1.03. The summed E-state index contributed by atoms with van der Waals surface area (Å²) < 4.78 is 37.5. The third kappa shape index (κ3) is 3.10. The number of carbonyl (C=O) groups excluding carboxylic acids is 1. The molecule has 1 rings (SSSR count). The van der Waals surface area contributed by atoms with Gasteiger partial charge in [0.15, 0.2) is 5.84 Å². The van der Waals surface area contributed by atoms with Crippen LogP contribution in [0.2, 0.25) is 0 Å². The van der Waals surface area contributed by atoms with Crippen molar-refractivity contribution in [2.45, 2.75) is 45.3 Å². The second kappa shape index (κ2) is 5.26. The summed E-state index contributed by atoms with van der Waals surface area (Å²) in [6, 6.07) is -0.613. The largest absolute Gasteiger partial charge is 0.409 e. The Kier molecular flexibility index (Phi) is 4.32. The van der Waals surface area contributed by atoms with Crippen LogP contribution in [0.4, 0.5) is 13.2 Å². The van der Waals surface area contributed by atoms with E-state index >= 15 is 0 Å². The Hall–Kier alpha value is -1.47. The van der Waals surface area contributed by atoms with Crippen LogP contribution in [0.5, 0.6) is 0 Å². The number of hydrogen-bond acceptors (Lipinski definition) is 3. The van der Waals surface area contributed by atoms with Crippen LogP contribution in [0.3, 0.4) is 0 Å². The van der Waals surface area contributed by atoms with Crippen LogP contribution >= 0.6 is 0 Å². The Labute approximate surface area is 109 Å². The van der Waals surface area contributed by atoms with Crippen molar-refractivity contribution in [3.8, 4) is 0 Å². The van der Waals surface area contributed by atoms with Crippen molar-refractivity contribution < 1.29 is 23.2 Å². The summed E-state index contributed by atoms with van der Waals surface area (Å²) in [6.45, 7) is 1.68. The molecule has 19 heavy (non-hydrogen) atoms. The predicted molar refractivity (Wildman–Crippen MR) is 62.6 cm³/mol. The van der Waals surface area contributed by atoms with E-state index in [2.05, 4.69) is 5.16 Å². The molecule has 0 heterocycles. The van der Waals surface area contributed by atoms with Crippen LogP contribution in [-0.4, -0.2) is 40.6 Å². The first kappa shape index (κ1) is 15.6. The summed E-state index contributed by atoms with van der Waals surface area (Å²) >= 11 is 0. The molecule has 0 aliphatic heterocycles. The first-order valence-corrected chi connectivity index (χ1v) is 6.00. The number of alkyl halides is 3. The first-order valence-electron chi connectivity index (χ1n) is 6.00. The van der Waals surface area contributed by atoms with Crippen molar-refractivity contribution in [1.29, 1.82) is 0 Å². The fraction of sp³-hybridized carbons (Fsp3) is 0.818. The van der Waals surface area contributed by atoms with Gasteiger partial charge in [-0.3, -0.25) is 4.79 Å². The third-order valence-electron chi connectivity index (χ3n) is 3.45. The number of nitrogens with zero attached hydrogens (tertiary/aromatic N) is 2. The number of halogens is 3. The van der Waals surface area contributed by atoms with E-state index in [-0.39, 0.29) is 5.84 Å². The molecule has 0 aromatic rings. The van der Waals surface area contributed by atoms with E-state index in [4.69, 9.17) is 10.9 Å². The normalized spacial score (nSPS) is 19.2. The molecule has 5 nitrogen and oxygen atoms in total. The van der Waals surface area contributed by atoms with E-state index in [1.54, 1.807) is 0 Å². The molecule has 0 aromatic heterocycles. The van der Waals surface area contributed by atoms with Gasteiger partial charge in [0.1, 0.15) is 12.0 Å². The minimum absolute atomic E-state index is 0.308. The molecule has 1 saturated carbocycles. The number of hydrogen-bond donors (Lipinski definition) is 2. The summed E-state index contributed by atoms with van der Waals surface area (Å²) in [7, 11) is 0. The zero-order valence-corrected chi connectivity index (χ0v) is 10.9. The molecule has 0 spiro atoms. The fourth-order valence-corrected chi connectivity index (χ4v) is 2.16. The molecule has 0 bridgehead atoms. The van der Waals surface area contributed by atoms with Crippen LogP contribution in [0.25, 0.3) is 0 Å². The van der Waals surface area contributed by atoms with Gasteiger partial charge in [-0.05, 0) is 26.7 Å². The lowest BCUT2D eigenvalue weighted by molar-refractivity contribution is -0.171. The molecule has 0 unspecified atom stereocenters. The monoisotopic (exact) mass is 281 g/mol. The van der Waals surface area contributed by atoms with Crippen LogP contribution in [0, 0.1) is 5.41 Å². The highest BCUT2D eigenvalue weighted by Gasteiger charge is 2.52. The maximum absolute atomic E-state index is 12.5. The number of amidine groups is 1. The zero-order chi connectivity index (χ0) is 14.8. The average Bonchev–Trinajstić information content (AvgIpc) is 2.22. The SMILES string of the molecule is CC(C)N(CC(F)(F)F)C(=O)C1(C(N)=NO)CCC1. The van der Waals surface area contributed by atoms with Crippen molar-refractivity contribution >= 4 is 11.7 Å². The molecule has 8 heteroatoms.